The molecule has 0 aromatic rings. The maximum atomic E-state index is 11.3. The third-order valence-corrected chi connectivity index (χ3v) is 2.18. The Morgan fingerprint density at radius 3 is 2.93 bits per heavy atom. The molecule has 1 aliphatic heterocycles. The molecular weight excluding hydrogens is 186 g/mol. The average Bonchev–Trinajstić information content (AvgIpc) is 2.65. The van der Waals surface area contributed by atoms with Crippen LogP contribution < -0.4 is 0 Å². The number of esters is 1. The van der Waals surface area contributed by atoms with E-state index in [-0.39, 0.29) is 0 Å². The Balaban J connectivity index is 2.73. The topological polar surface area (TPSA) is 83.0 Å². The molecule has 14 heavy (non-hydrogen) atoms. The van der Waals surface area contributed by atoms with Crippen molar-refractivity contribution in [2.75, 3.05) is 13.7 Å². The van der Waals surface area contributed by atoms with Crippen molar-refractivity contribution in [3.63, 3.8) is 0 Å². The number of nitrogens with zero attached hydrogens (tertiary/aromatic N) is 3. The second-order valence-electron chi connectivity index (χ2n) is 2.96. The maximum absolute atomic E-state index is 11.3. The predicted octanol–water partition coefficient (Wildman–Crippen LogP) is -0.549. The molecule has 0 radical (unpaired) electrons. The van der Waals surface area contributed by atoms with E-state index in [9.17, 15) is 9.59 Å². The van der Waals surface area contributed by atoms with E-state index in [1.54, 1.807) is 0 Å². The molecule has 0 N–H and O–H groups in total. The van der Waals surface area contributed by atoms with E-state index in [0.29, 0.717) is 13.0 Å². The number of likely N-dealkylation sites (tertiary alicyclic amines) is 1. The molecule has 76 valence electrons. The molecule has 0 unspecified atom stereocenters. The van der Waals surface area contributed by atoms with Crippen molar-refractivity contribution in [3.8, 4) is 0 Å². The van der Waals surface area contributed by atoms with Crippen LogP contribution in [0.2, 0.25) is 0 Å². The van der Waals surface area contributed by atoms with Gasteiger partial charge in [0.15, 0.2) is 0 Å². The van der Waals surface area contributed by atoms with Gasteiger partial charge < -0.3 is 15.2 Å². The summed E-state index contributed by atoms with van der Waals surface area (Å²) in [6, 6.07) is -0.537. The second kappa shape index (κ2) is 4.53. The number of amides is 1. The molecular formula is C8H11N3O3. The fourth-order valence-corrected chi connectivity index (χ4v) is 1.54. The molecule has 1 heterocycles. The van der Waals surface area contributed by atoms with Crippen LogP contribution in [0, 0.1) is 0 Å². The summed E-state index contributed by atoms with van der Waals surface area (Å²) in [7, 11) is 1.28. The lowest BCUT2D eigenvalue weighted by atomic mass is 10.2. The summed E-state index contributed by atoms with van der Waals surface area (Å²) in [5.74, 6) is -0.900. The van der Waals surface area contributed by atoms with Gasteiger partial charge in [-0.05, 0) is 12.8 Å². The Kier molecular flexibility index (Phi) is 3.36. The summed E-state index contributed by atoms with van der Waals surface area (Å²) in [6.45, 7) is 0.491. The smallest absolute Gasteiger partial charge is 0.344 e. The normalized spacial score (nSPS) is 20.1. The van der Waals surface area contributed by atoms with Crippen LogP contribution in [0.1, 0.15) is 12.8 Å². The van der Waals surface area contributed by atoms with Crippen molar-refractivity contribution in [2.24, 2.45) is 0 Å². The van der Waals surface area contributed by atoms with E-state index in [0.717, 1.165) is 12.6 Å². The van der Waals surface area contributed by atoms with E-state index in [2.05, 4.69) is 9.53 Å². The highest BCUT2D eigenvalue weighted by Gasteiger charge is 2.35. The van der Waals surface area contributed by atoms with Gasteiger partial charge in [-0.1, -0.05) is 0 Å². The van der Waals surface area contributed by atoms with Crippen LogP contribution in [0.15, 0.2) is 0 Å². The molecule has 0 aromatic carbocycles. The van der Waals surface area contributed by atoms with Gasteiger partial charge in [-0.15, -0.1) is 0 Å². The molecule has 1 aliphatic rings. The van der Waals surface area contributed by atoms with E-state index >= 15 is 0 Å². The Labute approximate surface area is 81.1 Å². The van der Waals surface area contributed by atoms with Gasteiger partial charge in [-0.2, -0.15) is 4.79 Å². The van der Waals surface area contributed by atoms with Crippen molar-refractivity contribution in [3.05, 3.63) is 5.53 Å². The van der Waals surface area contributed by atoms with Crippen LogP contribution in [-0.4, -0.2) is 47.5 Å². The number of carbonyl (C=O) groups is 2. The molecule has 1 amide bonds. The zero-order valence-electron chi connectivity index (χ0n) is 7.84. The molecule has 1 rings (SSSR count). The number of ether oxygens (including phenoxy) is 1. The average molecular weight is 197 g/mol. The number of hydrogen-bond acceptors (Lipinski definition) is 3. The predicted molar refractivity (Wildman–Crippen MR) is 46.4 cm³/mol. The summed E-state index contributed by atoms with van der Waals surface area (Å²) < 4.78 is 4.55. The van der Waals surface area contributed by atoms with Gasteiger partial charge in [0.1, 0.15) is 6.04 Å². The lowest BCUT2D eigenvalue weighted by Crippen LogP contribution is -2.41. The maximum Gasteiger partial charge on any atom is 0.344 e. The fourth-order valence-electron chi connectivity index (χ4n) is 1.54. The van der Waals surface area contributed by atoms with E-state index in [1.165, 1.54) is 12.0 Å². The fraction of sp³-hybridized carbons (Fsp3) is 0.625. The molecule has 1 atom stereocenters. The van der Waals surface area contributed by atoms with Crippen molar-refractivity contribution >= 4 is 18.1 Å². The highest BCUT2D eigenvalue weighted by molar-refractivity contribution is 6.24. The van der Waals surface area contributed by atoms with Crippen LogP contribution in [-0.2, 0) is 14.3 Å². The third-order valence-electron chi connectivity index (χ3n) is 2.18. The number of methoxy groups -OCH3 is 1. The summed E-state index contributed by atoms with van der Waals surface area (Å²) in [4.78, 5) is 26.5. The van der Waals surface area contributed by atoms with Gasteiger partial charge in [-0.3, -0.25) is 4.79 Å². The first-order chi connectivity index (χ1) is 6.70. The van der Waals surface area contributed by atoms with Gasteiger partial charge in [0.2, 0.25) is 0 Å². The number of hydrogen-bond donors (Lipinski definition) is 0. The first kappa shape index (κ1) is 10.4. The molecule has 1 fully saturated rings. The lowest BCUT2D eigenvalue weighted by Gasteiger charge is -2.18. The Bertz CT molecular complexity index is 296. The zero-order chi connectivity index (χ0) is 10.6. The summed E-state index contributed by atoms with van der Waals surface area (Å²) >= 11 is 0. The monoisotopic (exact) mass is 197 g/mol. The summed E-state index contributed by atoms with van der Waals surface area (Å²) in [5.41, 5.74) is 8.18. The van der Waals surface area contributed by atoms with Crippen molar-refractivity contribution in [2.45, 2.75) is 18.9 Å². The van der Waals surface area contributed by atoms with Crippen LogP contribution in [0.4, 0.5) is 0 Å². The van der Waals surface area contributed by atoms with Gasteiger partial charge in [0, 0.05) is 6.54 Å². The van der Waals surface area contributed by atoms with E-state index in [1.807, 2.05) is 0 Å². The minimum absolute atomic E-state index is 0.429. The third kappa shape index (κ3) is 1.97. The second-order valence-corrected chi connectivity index (χ2v) is 2.96. The Morgan fingerprint density at radius 2 is 2.36 bits per heavy atom. The minimum Gasteiger partial charge on any atom is -0.467 e. The zero-order valence-corrected chi connectivity index (χ0v) is 7.84. The van der Waals surface area contributed by atoms with Crippen molar-refractivity contribution in [1.29, 1.82) is 0 Å². The number of rotatable bonds is 2. The number of carbonyl (C=O) groups excluding carboxylic acids is 2. The van der Waals surface area contributed by atoms with Crippen LogP contribution in [0.25, 0.3) is 5.53 Å². The van der Waals surface area contributed by atoms with E-state index in [4.69, 9.17) is 5.53 Å². The summed E-state index contributed by atoms with van der Waals surface area (Å²) in [6.07, 6.45) is 2.13. The summed E-state index contributed by atoms with van der Waals surface area (Å²) in [5, 5.41) is 0. The van der Waals surface area contributed by atoms with Crippen molar-refractivity contribution in [1.82, 2.24) is 4.90 Å². The first-order valence-electron chi connectivity index (χ1n) is 4.26. The quantitative estimate of drug-likeness (QED) is 0.258. The highest BCUT2D eigenvalue weighted by Crippen LogP contribution is 2.17. The van der Waals surface area contributed by atoms with Gasteiger partial charge in [0.25, 0.3) is 0 Å². The van der Waals surface area contributed by atoms with Gasteiger partial charge in [-0.25, -0.2) is 4.79 Å². The van der Waals surface area contributed by atoms with Gasteiger partial charge >= 0.3 is 18.1 Å². The molecule has 0 bridgehead atoms. The van der Waals surface area contributed by atoms with Crippen LogP contribution >= 0.6 is 0 Å². The molecule has 0 saturated carbocycles. The molecule has 0 aromatic heterocycles. The largest absolute Gasteiger partial charge is 0.467 e. The minimum atomic E-state index is -0.537. The molecule has 6 nitrogen and oxygen atoms in total. The van der Waals surface area contributed by atoms with Crippen LogP contribution in [0.3, 0.4) is 0 Å². The lowest BCUT2D eigenvalue weighted by molar-refractivity contribution is -0.149. The van der Waals surface area contributed by atoms with Gasteiger partial charge in [0.05, 0.1) is 7.11 Å². The van der Waals surface area contributed by atoms with Crippen molar-refractivity contribution < 1.29 is 19.1 Å². The SMILES string of the molecule is COC(=O)[C@@H]1CCCN1C(=O)C=[N+]=[N-]. The molecule has 0 spiro atoms. The first-order valence-corrected chi connectivity index (χ1v) is 4.26. The van der Waals surface area contributed by atoms with Crippen LogP contribution in [0.5, 0.6) is 0 Å². The Hall–Kier alpha value is -1.68. The Morgan fingerprint density at radius 1 is 1.64 bits per heavy atom. The molecule has 1 saturated heterocycles. The molecule has 6 heteroatoms. The highest BCUT2D eigenvalue weighted by atomic mass is 16.5. The standard InChI is InChI=1S/C8H11N3O3/c1-14-8(13)6-3-2-4-11(6)7(12)5-10-9/h5-6H,2-4H2,1H3/t6-/m0/s1. The molecule has 0 aliphatic carbocycles. The van der Waals surface area contributed by atoms with E-state index < -0.39 is 17.9 Å².